The number of nitrogens with zero attached hydrogens (tertiary/aromatic N) is 1. The predicted molar refractivity (Wildman–Crippen MR) is 111 cm³/mol. The molecule has 0 atom stereocenters. The van der Waals surface area contributed by atoms with Crippen LogP contribution in [-0.2, 0) is 9.59 Å². The van der Waals surface area contributed by atoms with Gasteiger partial charge in [0.25, 0.3) is 0 Å². The van der Waals surface area contributed by atoms with Crippen molar-refractivity contribution in [3.63, 3.8) is 0 Å². The highest BCUT2D eigenvalue weighted by molar-refractivity contribution is 9.10. The van der Waals surface area contributed by atoms with Crippen LogP contribution in [0.2, 0.25) is 0 Å². The van der Waals surface area contributed by atoms with Crippen LogP contribution >= 0.6 is 15.9 Å². The number of likely N-dealkylation sites (N-methyl/N-ethyl adjacent to an activating group) is 1. The van der Waals surface area contributed by atoms with Crippen molar-refractivity contribution >= 4 is 33.4 Å². The number of anilines is 1. The molecule has 0 unspecified atom stereocenters. The first kappa shape index (κ1) is 21.0. The molecule has 0 spiro atoms. The number of carbonyl (C=O) groups is 2. The van der Waals surface area contributed by atoms with E-state index in [4.69, 9.17) is 4.74 Å². The van der Waals surface area contributed by atoms with Crippen LogP contribution in [0, 0.1) is 13.8 Å². The molecule has 6 heteroatoms. The quantitative estimate of drug-likeness (QED) is 0.631. The molecule has 1 N–H and O–H groups in total. The lowest BCUT2D eigenvalue weighted by Gasteiger charge is -2.17. The average molecular weight is 433 g/mol. The van der Waals surface area contributed by atoms with E-state index in [2.05, 4.69) is 21.2 Å². The molecule has 0 heterocycles. The molecule has 2 aromatic rings. The van der Waals surface area contributed by atoms with Crippen molar-refractivity contribution in [2.45, 2.75) is 26.7 Å². The first-order chi connectivity index (χ1) is 12.8. The molecule has 0 aliphatic carbocycles. The second-order valence-corrected chi connectivity index (χ2v) is 7.44. The number of ether oxygens (including phenoxy) is 1. The smallest absolute Gasteiger partial charge is 0.243 e. The van der Waals surface area contributed by atoms with E-state index in [1.165, 1.54) is 4.90 Å². The SMILES string of the molecule is Cc1cccc(OCCCC(=O)N(C)CC(=O)Nc2ccc(Br)cc2C)c1. The van der Waals surface area contributed by atoms with Gasteiger partial charge in [-0.2, -0.15) is 0 Å². The fourth-order valence-electron chi connectivity index (χ4n) is 2.57. The van der Waals surface area contributed by atoms with Crippen LogP contribution in [0.3, 0.4) is 0 Å². The van der Waals surface area contributed by atoms with Gasteiger partial charge in [0.05, 0.1) is 13.2 Å². The number of aryl methyl sites for hydroxylation is 2. The molecular weight excluding hydrogens is 408 g/mol. The van der Waals surface area contributed by atoms with Gasteiger partial charge in [-0.25, -0.2) is 0 Å². The maximum Gasteiger partial charge on any atom is 0.243 e. The number of hydrogen-bond donors (Lipinski definition) is 1. The molecule has 0 radical (unpaired) electrons. The Kier molecular flexibility index (Phi) is 7.85. The first-order valence-corrected chi connectivity index (χ1v) is 9.64. The van der Waals surface area contributed by atoms with Crippen LogP contribution in [0.1, 0.15) is 24.0 Å². The third-order valence-electron chi connectivity index (χ3n) is 4.06. The molecule has 5 nitrogen and oxygen atoms in total. The zero-order chi connectivity index (χ0) is 19.8. The van der Waals surface area contributed by atoms with Crippen LogP contribution in [0.5, 0.6) is 5.75 Å². The van der Waals surface area contributed by atoms with Crippen LogP contribution in [0.15, 0.2) is 46.9 Å². The van der Waals surface area contributed by atoms with E-state index in [9.17, 15) is 9.59 Å². The van der Waals surface area contributed by atoms with E-state index in [-0.39, 0.29) is 18.4 Å². The van der Waals surface area contributed by atoms with E-state index in [1.54, 1.807) is 7.05 Å². The summed E-state index contributed by atoms with van der Waals surface area (Å²) in [4.78, 5) is 25.8. The Hall–Kier alpha value is -2.34. The van der Waals surface area contributed by atoms with Crippen LogP contribution in [0.4, 0.5) is 5.69 Å². The lowest BCUT2D eigenvalue weighted by atomic mass is 10.2. The number of amides is 2. The summed E-state index contributed by atoms with van der Waals surface area (Å²) in [5, 5.41) is 2.84. The van der Waals surface area contributed by atoms with Crippen molar-refractivity contribution in [3.8, 4) is 5.75 Å². The van der Waals surface area contributed by atoms with Gasteiger partial charge in [-0.05, 0) is 61.7 Å². The normalized spacial score (nSPS) is 10.4. The van der Waals surface area contributed by atoms with Crippen molar-refractivity contribution in [1.29, 1.82) is 0 Å². The van der Waals surface area contributed by atoms with Gasteiger partial charge in [-0.15, -0.1) is 0 Å². The Morgan fingerprint density at radius 3 is 2.63 bits per heavy atom. The maximum atomic E-state index is 12.2. The van der Waals surface area contributed by atoms with E-state index in [1.807, 2.05) is 56.3 Å². The second-order valence-electron chi connectivity index (χ2n) is 6.53. The summed E-state index contributed by atoms with van der Waals surface area (Å²) in [6.07, 6.45) is 0.942. The third kappa shape index (κ3) is 7.06. The first-order valence-electron chi connectivity index (χ1n) is 8.84. The topological polar surface area (TPSA) is 58.6 Å². The second kappa shape index (κ2) is 10.1. The summed E-state index contributed by atoms with van der Waals surface area (Å²) in [6.45, 7) is 4.41. The molecule has 2 rings (SSSR count). The summed E-state index contributed by atoms with van der Waals surface area (Å²) >= 11 is 3.39. The van der Waals surface area contributed by atoms with Gasteiger partial charge in [0.15, 0.2) is 0 Å². The fourth-order valence-corrected chi connectivity index (χ4v) is 3.05. The van der Waals surface area contributed by atoms with Crippen molar-refractivity contribution in [2.24, 2.45) is 0 Å². The number of carbonyl (C=O) groups excluding carboxylic acids is 2. The number of halogens is 1. The average Bonchev–Trinajstić information content (AvgIpc) is 2.61. The molecule has 0 bridgehead atoms. The van der Waals surface area contributed by atoms with Crippen molar-refractivity contribution in [1.82, 2.24) is 4.90 Å². The minimum atomic E-state index is -0.215. The fraction of sp³-hybridized carbons (Fsp3) is 0.333. The molecular formula is C21H25BrN2O3. The minimum absolute atomic E-state index is 0.0209. The lowest BCUT2D eigenvalue weighted by molar-refractivity contribution is -0.133. The summed E-state index contributed by atoms with van der Waals surface area (Å²) in [7, 11) is 1.64. The van der Waals surface area contributed by atoms with Crippen LogP contribution < -0.4 is 10.1 Å². The minimum Gasteiger partial charge on any atom is -0.494 e. The van der Waals surface area contributed by atoms with Gasteiger partial charge < -0.3 is 15.0 Å². The lowest BCUT2D eigenvalue weighted by Crippen LogP contribution is -2.35. The molecule has 0 aliphatic heterocycles. The molecule has 144 valence electrons. The Bertz CT molecular complexity index is 808. The van der Waals surface area contributed by atoms with Gasteiger partial charge in [-0.3, -0.25) is 9.59 Å². The Morgan fingerprint density at radius 2 is 1.93 bits per heavy atom. The third-order valence-corrected chi connectivity index (χ3v) is 4.56. The van der Waals surface area contributed by atoms with Crippen molar-refractivity contribution in [2.75, 3.05) is 25.5 Å². The van der Waals surface area contributed by atoms with Gasteiger partial charge in [0.1, 0.15) is 5.75 Å². The van der Waals surface area contributed by atoms with Gasteiger partial charge in [0.2, 0.25) is 11.8 Å². The Labute approximate surface area is 168 Å². The molecule has 2 amide bonds. The summed E-state index contributed by atoms with van der Waals surface area (Å²) in [5.41, 5.74) is 2.84. The number of benzene rings is 2. The largest absolute Gasteiger partial charge is 0.494 e. The van der Waals surface area contributed by atoms with Crippen LogP contribution in [0.25, 0.3) is 0 Å². The number of hydrogen-bond acceptors (Lipinski definition) is 3. The van der Waals surface area contributed by atoms with Gasteiger partial charge in [-0.1, -0.05) is 28.1 Å². The molecule has 0 saturated heterocycles. The Balaban J connectivity index is 1.72. The van der Waals surface area contributed by atoms with Gasteiger partial charge >= 0.3 is 0 Å². The molecule has 0 aromatic heterocycles. The number of rotatable bonds is 8. The van der Waals surface area contributed by atoms with Gasteiger partial charge in [0, 0.05) is 23.6 Å². The number of nitrogens with one attached hydrogen (secondary N) is 1. The van der Waals surface area contributed by atoms with Crippen LogP contribution in [-0.4, -0.2) is 36.9 Å². The molecule has 0 fully saturated rings. The summed E-state index contributed by atoms with van der Waals surface area (Å²) in [6, 6.07) is 13.4. The highest BCUT2D eigenvalue weighted by Gasteiger charge is 2.13. The molecule has 0 saturated carbocycles. The van der Waals surface area contributed by atoms with E-state index in [0.29, 0.717) is 19.4 Å². The predicted octanol–water partition coefficient (Wildman–Crippen LogP) is 4.32. The zero-order valence-corrected chi connectivity index (χ0v) is 17.5. The standard InChI is InChI=1S/C21H25BrN2O3/c1-15-6-4-7-18(12-15)27-11-5-8-21(26)24(3)14-20(25)23-19-10-9-17(22)13-16(19)2/h4,6-7,9-10,12-13H,5,8,11,14H2,1-3H3,(H,23,25). The highest BCUT2D eigenvalue weighted by atomic mass is 79.9. The zero-order valence-electron chi connectivity index (χ0n) is 15.9. The van der Waals surface area contributed by atoms with E-state index < -0.39 is 0 Å². The van der Waals surface area contributed by atoms with E-state index >= 15 is 0 Å². The highest BCUT2D eigenvalue weighted by Crippen LogP contribution is 2.20. The molecule has 27 heavy (non-hydrogen) atoms. The van der Waals surface area contributed by atoms with Crippen molar-refractivity contribution in [3.05, 3.63) is 58.1 Å². The molecule has 0 aliphatic rings. The maximum absolute atomic E-state index is 12.2. The summed E-state index contributed by atoms with van der Waals surface area (Å²) < 4.78 is 6.60. The molecule has 2 aromatic carbocycles. The monoisotopic (exact) mass is 432 g/mol. The van der Waals surface area contributed by atoms with Crippen molar-refractivity contribution < 1.29 is 14.3 Å². The van der Waals surface area contributed by atoms with E-state index in [0.717, 1.165) is 27.0 Å². The Morgan fingerprint density at radius 1 is 1.15 bits per heavy atom. The summed E-state index contributed by atoms with van der Waals surface area (Å²) in [5.74, 6) is 0.512.